The van der Waals surface area contributed by atoms with Crippen molar-refractivity contribution in [1.82, 2.24) is 10.2 Å². The monoisotopic (exact) mass is 343 g/mol. The summed E-state index contributed by atoms with van der Waals surface area (Å²) in [4.78, 5) is 25.1. The first-order valence-electron chi connectivity index (χ1n) is 7.94. The van der Waals surface area contributed by atoms with E-state index in [1.54, 1.807) is 0 Å². The number of carbonyl (C=O) groups excluding carboxylic acids is 1. The third-order valence-corrected chi connectivity index (χ3v) is 4.45. The number of nitrogens with one attached hydrogen (secondary N) is 1. The Morgan fingerprint density at radius 1 is 1.24 bits per heavy atom. The van der Waals surface area contributed by atoms with Crippen LogP contribution >= 0.6 is 0 Å². The van der Waals surface area contributed by atoms with Gasteiger partial charge < -0.3 is 10.2 Å². The Morgan fingerprint density at radius 3 is 2.64 bits per heavy atom. The number of halogens is 1. The van der Waals surface area contributed by atoms with Crippen molar-refractivity contribution in [1.29, 1.82) is 0 Å². The fourth-order valence-electron chi connectivity index (χ4n) is 3.28. The highest BCUT2D eigenvalue weighted by Crippen LogP contribution is 2.28. The first-order valence-corrected chi connectivity index (χ1v) is 7.94. The molecule has 1 aliphatic heterocycles. The predicted octanol–water partition coefficient (Wildman–Crippen LogP) is 2.56. The van der Waals surface area contributed by atoms with Crippen molar-refractivity contribution in [2.75, 3.05) is 20.1 Å². The second-order valence-corrected chi connectivity index (χ2v) is 6.24. The number of nitrogens with zero attached hydrogens (tertiary/aromatic N) is 2. The molecule has 25 heavy (non-hydrogen) atoms. The molecule has 1 heterocycles. The van der Waals surface area contributed by atoms with Crippen LogP contribution in [0.2, 0.25) is 0 Å². The van der Waals surface area contributed by atoms with Crippen molar-refractivity contribution in [2.24, 2.45) is 0 Å². The van der Waals surface area contributed by atoms with Crippen LogP contribution in [0.25, 0.3) is 0 Å². The van der Waals surface area contributed by atoms with Crippen LogP contribution in [0.4, 0.5) is 10.1 Å². The van der Waals surface area contributed by atoms with Crippen molar-refractivity contribution in [3.8, 4) is 0 Å². The fraction of sp³-hybridized carbons (Fsp3) is 0.278. The lowest BCUT2D eigenvalue weighted by atomic mass is 9.94. The number of amides is 1. The zero-order valence-corrected chi connectivity index (χ0v) is 13.7. The van der Waals surface area contributed by atoms with Crippen molar-refractivity contribution >= 4 is 11.6 Å². The molecule has 0 radical (unpaired) electrons. The number of likely N-dealkylation sites (tertiary alicyclic amines) is 1. The van der Waals surface area contributed by atoms with E-state index >= 15 is 0 Å². The third-order valence-electron chi connectivity index (χ3n) is 4.45. The summed E-state index contributed by atoms with van der Waals surface area (Å²) >= 11 is 0. The average Bonchev–Trinajstić information content (AvgIpc) is 2.95. The van der Waals surface area contributed by atoms with E-state index in [9.17, 15) is 19.3 Å². The maximum atomic E-state index is 13.5. The van der Waals surface area contributed by atoms with Gasteiger partial charge in [0, 0.05) is 31.1 Å². The van der Waals surface area contributed by atoms with E-state index in [2.05, 4.69) is 10.2 Å². The van der Waals surface area contributed by atoms with Gasteiger partial charge in [0.05, 0.1) is 4.92 Å². The number of carbonyl (C=O) groups is 1. The van der Waals surface area contributed by atoms with Crippen LogP contribution in [0, 0.1) is 15.9 Å². The van der Waals surface area contributed by atoms with Gasteiger partial charge in [0.25, 0.3) is 11.6 Å². The molecule has 3 rings (SSSR count). The van der Waals surface area contributed by atoms with Gasteiger partial charge in [-0.05, 0) is 24.7 Å². The summed E-state index contributed by atoms with van der Waals surface area (Å²) in [7, 11) is 1.95. The van der Waals surface area contributed by atoms with Gasteiger partial charge in [-0.1, -0.05) is 30.3 Å². The molecule has 1 aliphatic rings. The predicted molar refractivity (Wildman–Crippen MR) is 91.0 cm³/mol. The summed E-state index contributed by atoms with van der Waals surface area (Å²) in [6, 6.07) is 12.5. The minimum absolute atomic E-state index is 0.0720. The molecule has 0 saturated carbocycles. The summed E-state index contributed by atoms with van der Waals surface area (Å²) in [5, 5.41) is 14.0. The van der Waals surface area contributed by atoms with Crippen LogP contribution < -0.4 is 5.32 Å². The Labute approximate surface area is 144 Å². The van der Waals surface area contributed by atoms with Crippen molar-refractivity contribution in [2.45, 2.75) is 12.0 Å². The third kappa shape index (κ3) is 3.66. The molecule has 1 amide bonds. The summed E-state index contributed by atoms with van der Waals surface area (Å²) < 4.78 is 13.5. The summed E-state index contributed by atoms with van der Waals surface area (Å²) in [6.45, 7) is 1.38. The minimum Gasteiger partial charge on any atom is -0.347 e. The lowest BCUT2D eigenvalue weighted by Gasteiger charge is -2.20. The number of hydrogen-bond donors (Lipinski definition) is 1. The molecule has 0 aromatic heterocycles. The SMILES string of the molecule is CN1C[C@H](c2ccccc2)[C@H](NC(=O)c2cc(F)ccc2[N+](=O)[O-])C1. The molecule has 0 aliphatic carbocycles. The van der Waals surface area contributed by atoms with Gasteiger partial charge in [0.2, 0.25) is 0 Å². The summed E-state index contributed by atoms with van der Waals surface area (Å²) in [5.41, 5.74) is 0.429. The lowest BCUT2D eigenvalue weighted by molar-refractivity contribution is -0.385. The highest BCUT2D eigenvalue weighted by molar-refractivity contribution is 5.98. The molecule has 1 saturated heterocycles. The second kappa shape index (κ2) is 6.98. The highest BCUT2D eigenvalue weighted by atomic mass is 19.1. The Hall–Kier alpha value is -2.80. The maximum absolute atomic E-state index is 13.5. The average molecular weight is 343 g/mol. The fourth-order valence-corrected chi connectivity index (χ4v) is 3.28. The molecule has 0 unspecified atom stereocenters. The molecule has 2 atom stereocenters. The molecule has 6 nitrogen and oxygen atoms in total. The number of likely N-dealkylation sites (N-methyl/N-ethyl adjacent to an activating group) is 1. The van der Waals surface area contributed by atoms with E-state index in [4.69, 9.17) is 0 Å². The number of rotatable bonds is 4. The van der Waals surface area contributed by atoms with Crippen LogP contribution in [0.1, 0.15) is 21.8 Å². The highest BCUT2D eigenvalue weighted by Gasteiger charge is 2.34. The molecule has 0 spiro atoms. The van der Waals surface area contributed by atoms with E-state index in [1.807, 2.05) is 37.4 Å². The zero-order chi connectivity index (χ0) is 18.0. The normalized spacial score (nSPS) is 20.4. The van der Waals surface area contributed by atoms with Gasteiger partial charge >= 0.3 is 0 Å². The molecular formula is C18H18FN3O3. The van der Waals surface area contributed by atoms with Crippen LogP contribution in [-0.4, -0.2) is 41.9 Å². The number of hydrogen-bond acceptors (Lipinski definition) is 4. The molecule has 2 aromatic rings. The Bertz CT molecular complexity index is 797. The van der Waals surface area contributed by atoms with E-state index < -0.39 is 22.3 Å². The quantitative estimate of drug-likeness (QED) is 0.684. The molecule has 0 bridgehead atoms. The zero-order valence-electron chi connectivity index (χ0n) is 13.7. The maximum Gasteiger partial charge on any atom is 0.282 e. The summed E-state index contributed by atoms with van der Waals surface area (Å²) in [6.07, 6.45) is 0. The van der Waals surface area contributed by atoms with Gasteiger partial charge in [-0.3, -0.25) is 14.9 Å². The molecule has 1 N–H and O–H groups in total. The van der Waals surface area contributed by atoms with Crippen molar-refractivity contribution in [3.05, 3.63) is 75.6 Å². The molecule has 130 valence electrons. The van der Waals surface area contributed by atoms with E-state index in [0.717, 1.165) is 30.3 Å². The minimum atomic E-state index is -0.682. The smallest absolute Gasteiger partial charge is 0.282 e. The van der Waals surface area contributed by atoms with Crippen molar-refractivity contribution in [3.63, 3.8) is 0 Å². The van der Waals surface area contributed by atoms with Crippen LogP contribution in [0.5, 0.6) is 0 Å². The number of benzene rings is 2. The largest absolute Gasteiger partial charge is 0.347 e. The van der Waals surface area contributed by atoms with E-state index in [0.29, 0.717) is 6.54 Å². The topological polar surface area (TPSA) is 75.5 Å². The number of nitro groups is 1. The van der Waals surface area contributed by atoms with Gasteiger partial charge in [-0.25, -0.2) is 4.39 Å². The lowest BCUT2D eigenvalue weighted by Crippen LogP contribution is -2.39. The van der Waals surface area contributed by atoms with Crippen LogP contribution in [-0.2, 0) is 0 Å². The van der Waals surface area contributed by atoms with Crippen molar-refractivity contribution < 1.29 is 14.1 Å². The van der Waals surface area contributed by atoms with E-state index in [-0.39, 0.29) is 17.5 Å². The van der Waals surface area contributed by atoms with Crippen LogP contribution in [0.15, 0.2) is 48.5 Å². The van der Waals surface area contributed by atoms with Crippen LogP contribution in [0.3, 0.4) is 0 Å². The second-order valence-electron chi connectivity index (χ2n) is 6.24. The first kappa shape index (κ1) is 17.0. The Kier molecular flexibility index (Phi) is 4.76. The van der Waals surface area contributed by atoms with Gasteiger partial charge in [-0.15, -0.1) is 0 Å². The Balaban J connectivity index is 1.85. The Morgan fingerprint density at radius 2 is 1.96 bits per heavy atom. The molecule has 1 fully saturated rings. The van der Waals surface area contributed by atoms with Gasteiger partial charge in [-0.2, -0.15) is 0 Å². The summed E-state index contributed by atoms with van der Waals surface area (Å²) in [5.74, 6) is -1.24. The van der Waals surface area contributed by atoms with E-state index in [1.165, 1.54) is 0 Å². The standard InChI is InChI=1S/C18H18FN3O3/c1-21-10-15(12-5-3-2-4-6-12)16(11-21)20-18(23)14-9-13(19)7-8-17(14)22(24)25/h2-9,15-16H,10-11H2,1H3,(H,20,23)/t15-,16-/m1/s1. The number of nitro benzene ring substituents is 1. The molecule has 7 heteroatoms. The first-order chi connectivity index (χ1) is 12.0. The molecular weight excluding hydrogens is 325 g/mol. The molecule has 2 aromatic carbocycles. The van der Waals surface area contributed by atoms with Gasteiger partial charge in [0.1, 0.15) is 11.4 Å². The van der Waals surface area contributed by atoms with Gasteiger partial charge in [0.15, 0.2) is 0 Å².